The van der Waals surface area contributed by atoms with Gasteiger partial charge in [-0.1, -0.05) is 43.6 Å². The lowest BCUT2D eigenvalue weighted by atomic mass is 10.1. The van der Waals surface area contributed by atoms with Crippen LogP contribution in [0.4, 0.5) is 0 Å². The zero-order valence-corrected chi connectivity index (χ0v) is 12.0. The van der Waals surface area contributed by atoms with Crippen molar-refractivity contribution in [2.75, 3.05) is 20.1 Å². The molecule has 2 nitrogen and oxygen atoms in total. The number of halogens is 1. The lowest BCUT2D eigenvalue weighted by Crippen LogP contribution is -2.32. The van der Waals surface area contributed by atoms with Crippen molar-refractivity contribution in [1.29, 1.82) is 0 Å². The lowest BCUT2D eigenvalue weighted by Gasteiger charge is -2.19. The minimum atomic E-state index is 0.547. The molecule has 0 saturated heterocycles. The Morgan fingerprint density at radius 3 is 2.71 bits per heavy atom. The van der Waals surface area contributed by atoms with Crippen LogP contribution < -0.4 is 5.32 Å². The van der Waals surface area contributed by atoms with E-state index in [0.29, 0.717) is 6.04 Å². The molecule has 0 atom stereocenters. The van der Waals surface area contributed by atoms with E-state index >= 15 is 0 Å². The van der Waals surface area contributed by atoms with Crippen molar-refractivity contribution < 1.29 is 0 Å². The van der Waals surface area contributed by atoms with Crippen molar-refractivity contribution in [2.24, 2.45) is 0 Å². The van der Waals surface area contributed by atoms with Crippen LogP contribution in [0.3, 0.4) is 0 Å². The number of benzene rings is 1. The number of likely N-dealkylation sites (N-methyl/N-ethyl adjacent to an activating group) is 1. The number of aryl methyl sites for hydroxylation is 1. The minimum Gasteiger partial charge on any atom is -0.313 e. The number of hydrogen-bond acceptors (Lipinski definition) is 2. The Morgan fingerprint density at radius 2 is 2.06 bits per heavy atom. The van der Waals surface area contributed by atoms with E-state index in [1.807, 2.05) is 13.0 Å². The summed E-state index contributed by atoms with van der Waals surface area (Å²) >= 11 is 6.28. The average molecular weight is 255 g/mol. The van der Waals surface area contributed by atoms with Gasteiger partial charge in [0.1, 0.15) is 0 Å². The largest absolute Gasteiger partial charge is 0.313 e. The highest BCUT2D eigenvalue weighted by Gasteiger charge is 2.06. The predicted octanol–water partition coefficient (Wildman–Crippen LogP) is 3.08. The predicted molar refractivity (Wildman–Crippen MR) is 75.7 cm³/mol. The maximum absolute atomic E-state index is 6.28. The fourth-order valence-corrected chi connectivity index (χ4v) is 1.93. The Kier molecular flexibility index (Phi) is 5.96. The van der Waals surface area contributed by atoms with Crippen LogP contribution in [0.1, 0.15) is 25.0 Å². The second-order valence-electron chi connectivity index (χ2n) is 4.89. The van der Waals surface area contributed by atoms with Crippen molar-refractivity contribution in [3.63, 3.8) is 0 Å². The van der Waals surface area contributed by atoms with Crippen molar-refractivity contribution in [3.05, 3.63) is 34.3 Å². The molecule has 0 fully saturated rings. The SMILES string of the molecule is Cc1cccc(CN(C)CCNC(C)C)c1Cl. The Labute approximate surface area is 110 Å². The van der Waals surface area contributed by atoms with Crippen molar-refractivity contribution in [2.45, 2.75) is 33.4 Å². The molecule has 1 N–H and O–H groups in total. The summed E-state index contributed by atoms with van der Waals surface area (Å²) in [5, 5.41) is 4.31. The Morgan fingerprint density at radius 1 is 1.35 bits per heavy atom. The molecule has 3 heteroatoms. The second kappa shape index (κ2) is 7.00. The first-order valence-corrected chi connectivity index (χ1v) is 6.54. The number of hydrogen-bond donors (Lipinski definition) is 1. The van der Waals surface area contributed by atoms with Gasteiger partial charge in [-0.05, 0) is 25.1 Å². The quantitative estimate of drug-likeness (QED) is 0.839. The van der Waals surface area contributed by atoms with Crippen LogP contribution in [0, 0.1) is 6.92 Å². The topological polar surface area (TPSA) is 15.3 Å². The molecule has 1 aromatic carbocycles. The molecule has 0 aliphatic heterocycles. The zero-order valence-electron chi connectivity index (χ0n) is 11.3. The molecular formula is C14H23ClN2. The molecule has 0 aromatic heterocycles. The van der Waals surface area contributed by atoms with Gasteiger partial charge in [-0.3, -0.25) is 0 Å². The molecule has 0 unspecified atom stereocenters. The molecule has 96 valence electrons. The van der Waals surface area contributed by atoms with E-state index in [0.717, 1.165) is 30.2 Å². The Bertz CT molecular complexity index is 350. The summed E-state index contributed by atoms with van der Waals surface area (Å²) in [6.07, 6.45) is 0. The third-order valence-electron chi connectivity index (χ3n) is 2.76. The average Bonchev–Trinajstić information content (AvgIpc) is 2.24. The van der Waals surface area contributed by atoms with Gasteiger partial charge in [-0.15, -0.1) is 0 Å². The highest BCUT2D eigenvalue weighted by molar-refractivity contribution is 6.32. The Balaban J connectivity index is 2.45. The third-order valence-corrected chi connectivity index (χ3v) is 3.30. The van der Waals surface area contributed by atoms with Gasteiger partial charge in [0.25, 0.3) is 0 Å². The van der Waals surface area contributed by atoms with Crippen LogP contribution in [-0.2, 0) is 6.54 Å². The van der Waals surface area contributed by atoms with Crippen LogP contribution in [0.25, 0.3) is 0 Å². The van der Waals surface area contributed by atoms with Gasteiger partial charge >= 0.3 is 0 Å². The van der Waals surface area contributed by atoms with Crippen LogP contribution in [0.2, 0.25) is 5.02 Å². The smallest absolute Gasteiger partial charge is 0.0480 e. The van der Waals surface area contributed by atoms with Gasteiger partial charge in [0.2, 0.25) is 0 Å². The van der Waals surface area contributed by atoms with Crippen molar-refractivity contribution in [1.82, 2.24) is 10.2 Å². The van der Waals surface area contributed by atoms with E-state index in [2.05, 4.69) is 43.2 Å². The maximum atomic E-state index is 6.28. The molecule has 0 heterocycles. The zero-order chi connectivity index (χ0) is 12.8. The minimum absolute atomic E-state index is 0.547. The van der Waals surface area contributed by atoms with Crippen LogP contribution in [0.5, 0.6) is 0 Å². The summed E-state index contributed by atoms with van der Waals surface area (Å²) < 4.78 is 0. The maximum Gasteiger partial charge on any atom is 0.0480 e. The molecule has 17 heavy (non-hydrogen) atoms. The highest BCUT2D eigenvalue weighted by Crippen LogP contribution is 2.21. The molecule has 0 saturated carbocycles. The normalized spacial score (nSPS) is 11.5. The molecule has 0 spiro atoms. The third kappa shape index (κ3) is 5.07. The Hall–Kier alpha value is -0.570. The molecule has 0 bridgehead atoms. The monoisotopic (exact) mass is 254 g/mol. The highest BCUT2D eigenvalue weighted by atomic mass is 35.5. The molecule has 1 rings (SSSR count). The summed E-state index contributed by atoms with van der Waals surface area (Å²) in [6.45, 7) is 9.32. The fourth-order valence-electron chi connectivity index (χ4n) is 1.74. The van der Waals surface area contributed by atoms with Gasteiger partial charge in [0.05, 0.1) is 0 Å². The fraction of sp³-hybridized carbons (Fsp3) is 0.571. The summed E-state index contributed by atoms with van der Waals surface area (Å²) in [5.41, 5.74) is 2.36. The standard InChI is InChI=1S/C14H23ClN2/c1-11(2)16-8-9-17(4)10-13-7-5-6-12(3)14(13)15/h5-7,11,16H,8-10H2,1-4H3. The number of nitrogens with one attached hydrogen (secondary N) is 1. The second-order valence-corrected chi connectivity index (χ2v) is 5.27. The van der Waals surface area contributed by atoms with Crippen LogP contribution in [0.15, 0.2) is 18.2 Å². The van der Waals surface area contributed by atoms with E-state index in [-0.39, 0.29) is 0 Å². The summed E-state index contributed by atoms with van der Waals surface area (Å²) in [7, 11) is 2.13. The molecular weight excluding hydrogens is 232 g/mol. The summed E-state index contributed by atoms with van der Waals surface area (Å²) in [4.78, 5) is 2.29. The summed E-state index contributed by atoms with van der Waals surface area (Å²) in [5.74, 6) is 0. The van der Waals surface area contributed by atoms with Gasteiger partial charge < -0.3 is 10.2 Å². The lowest BCUT2D eigenvalue weighted by molar-refractivity contribution is 0.320. The van der Waals surface area contributed by atoms with Crippen molar-refractivity contribution in [3.8, 4) is 0 Å². The van der Waals surface area contributed by atoms with E-state index in [4.69, 9.17) is 11.6 Å². The summed E-state index contributed by atoms with van der Waals surface area (Å²) in [6, 6.07) is 6.76. The molecule has 1 aromatic rings. The van der Waals surface area contributed by atoms with Gasteiger partial charge in [0, 0.05) is 30.7 Å². The van der Waals surface area contributed by atoms with Crippen LogP contribution >= 0.6 is 11.6 Å². The first-order chi connectivity index (χ1) is 8.00. The molecule has 0 radical (unpaired) electrons. The molecule has 0 aliphatic rings. The van der Waals surface area contributed by atoms with E-state index in [1.54, 1.807) is 0 Å². The van der Waals surface area contributed by atoms with E-state index in [1.165, 1.54) is 5.56 Å². The van der Waals surface area contributed by atoms with Crippen LogP contribution in [-0.4, -0.2) is 31.1 Å². The van der Waals surface area contributed by atoms with Gasteiger partial charge in [-0.2, -0.15) is 0 Å². The molecule has 0 aliphatic carbocycles. The van der Waals surface area contributed by atoms with E-state index in [9.17, 15) is 0 Å². The number of nitrogens with zero attached hydrogens (tertiary/aromatic N) is 1. The first kappa shape index (κ1) is 14.5. The number of rotatable bonds is 6. The molecule has 0 amide bonds. The van der Waals surface area contributed by atoms with E-state index < -0.39 is 0 Å². The van der Waals surface area contributed by atoms with Gasteiger partial charge in [0.15, 0.2) is 0 Å². The first-order valence-electron chi connectivity index (χ1n) is 6.16. The van der Waals surface area contributed by atoms with Gasteiger partial charge in [-0.25, -0.2) is 0 Å². The van der Waals surface area contributed by atoms with Crippen molar-refractivity contribution >= 4 is 11.6 Å².